The van der Waals surface area contributed by atoms with Crippen LogP contribution in [-0.2, 0) is 19.5 Å². The van der Waals surface area contributed by atoms with Gasteiger partial charge in [-0.05, 0) is 29.7 Å². The average Bonchev–Trinajstić information content (AvgIpc) is 2.62. The molecule has 0 aliphatic carbocycles. The quantitative estimate of drug-likeness (QED) is 0.690. The zero-order chi connectivity index (χ0) is 16.5. The fourth-order valence-corrected chi connectivity index (χ4v) is 3.28. The Labute approximate surface area is 140 Å². The molecule has 0 spiro atoms. The standard InChI is InChI=1S/C20H19NO3/c1-2-15-10-19(22)24-20-16(15)8-9-18-17(20)12-21(13-23-18)11-14-6-4-3-5-7-14/h3-10H,2,11-13H2,1H3. The van der Waals surface area contributed by atoms with Crippen LogP contribution in [0.2, 0.25) is 0 Å². The van der Waals surface area contributed by atoms with Gasteiger partial charge in [0.2, 0.25) is 0 Å². The number of hydrogen-bond acceptors (Lipinski definition) is 4. The van der Waals surface area contributed by atoms with E-state index in [0.29, 0.717) is 18.9 Å². The average molecular weight is 321 g/mol. The molecule has 4 heteroatoms. The van der Waals surface area contributed by atoms with E-state index in [4.69, 9.17) is 9.15 Å². The van der Waals surface area contributed by atoms with Crippen molar-refractivity contribution in [3.63, 3.8) is 0 Å². The first kappa shape index (κ1) is 15.0. The number of hydrogen-bond donors (Lipinski definition) is 0. The molecular formula is C20H19NO3. The van der Waals surface area contributed by atoms with E-state index in [1.165, 1.54) is 5.56 Å². The highest BCUT2D eigenvalue weighted by atomic mass is 16.5. The largest absolute Gasteiger partial charge is 0.478 e. The van der Waals surface area contributed by atoms with Crippen molar-refractivity contribution in [2.24, 2.45) is 0 Å². The summed E-state index contributed by atoms with van der Waals surface area (Å²) in [5, 5.41) is 1.00. The van der Waals surface area contributed by atoms with Gasteiger partial charge in [0.05, 0.1) is 5.56 Å². The first-order valence-electron chi connectivity index (χ1n) is 8.22. The van der Waals surface area contributed by atoms with Crippen LogP contribution >= 0.6 is 0 Å². The predicted molar refractivity (Wildman–Crippen MR) is 93.0 cm³/mol. The molecule has 1 aromatic heterocycles. The summed E-state index contributed by atoms with van der Waals surface area (Å²) in [5.41, 5.74) is 3.58. The summed E-state index contributed by atoms with van der Waals surface area (Å²) in [4.78, 5) is 14.1. The van der Waals surface area contributed by atoms with Crippen LogP contribution in [0, 0.1) is 0 Å². The molecule has 0 saturated heterocycles. The fraction of sp³-hybridized carbons (Fsp3) is 0.250. The van der Waals surface area contributed by atoms with Gasteiger partial charge < -0.3 is 9.15 Å². The van der Waals surface area contributed by atoms with Crippen molar-refractivity contribution in [3.05, 3.63) is 75.6 Å². The predicted octanol–water partition coefficient (Wildman–Crippen LogP) is 3.71. The number of fused-ring (bicyclic) bond motifs is 3. The van der Waals surface area contributed by atoms with Crippen molar-refractivity contribution >= 4 is 11.0 Å². The van der Waals surface area contributed by atoms with Crippen molar-refractivity contribution < 1.29 is 9.15 Å². The smallest absolute Gasteiger partial charge is 0.336 e. The third-order valence-corrected chi connectivity index (χ3v) is 4.47. The number of benzene rings is 2. The molecule has 0 N–H and O–H groups in total. The molecule has 2 aromatic carbocycles. The molecule has 0 fully saturated rings. The summed E-state index contributed by atoms with van der Waals surface area (Å²) >= 11 is 0. The van der Waals surface area contributed by atoms with Gasteiger partial charge in [0, 0.05) is 24.5 Å². The summed E-state index contributed by atoms with van der Waals surface area (Å²) in [7, 11) is 0. The van der Waals surface area contributed by atoms with Gasteiger partial charge in [-0.25, -0.2) is 4.79 Å². The van der Waals surface area contributed by atoms with Crippen molar-refractivity contribution in [2.45, 2.75) is 26.4 Å². The van der Waals surface area contributed by atoms with E-state index < -0.39 is 0 Å². The lowest BCUT2D eigenvalue weighted by Crippen LogP contribution is -2.31. The van der Waals surface area contributed by atoms with Crippen LogP contribution in [0.4, 0.5) is 0 Å². The Morgan fingerprint density at radius 2 is 1.96 bits per heavy atom. The molecular weight excluding hydrogens is 302 g/mol. The van der Waals surface area contributed by atoms with Crippen molar-refractivity contribution in [1.29, 1.82) is 0 Å². The summed E-state index contributed by atoms with van der Waals surface area (Å²) in [6.07, 6.45) is 0.801. The monoisotopic (exact) mass is 321 g/mol. The SMILES string of the molecule is CCc1cc(=O)oc2c3c(ccc12)OCN(Cc1ccccc1)C3. The molecule has 0 saturated carbocycles. The van der Waals surface area contributed by atoms with Gasteiger partial charge in [0.15, 0.2) is 0 Å². The zero-order valence-electron chi connectivity index (χ0n) is 13.6. The molecule has 0 amide bonds. The third kappa shape index (κ3) is 2.69. The Morgan fingerprint density at radius 3 is 2.75 bits per heavy atom. The minimum atomic E-state index is -0.298. The number of nitrogens with zero attached hydrogens (tertiary/aromatic N) is 1. The number of ether oxygens (including phenoxy) is 1. The lowest BCUT2D eigenvalue weighted by molar-refractivity contribution is 0.0889. The fourth-order valence-electron chi connectivity index (χ4n) is 3.28. The molecule has 4 nitrogen and oxygen atoms in total. The number of rotatable bonds is 3. The second kappa shape index (κ2) is 6.13. The normalized spacial score (nSPS) is 14.4. The van der Waals surface area contributed by atoms with E-state index in [1.807, 2.05) is 37.3 Å². The molecule has 1 aliphatic rings. The maximum absolute atomic E-state index is 11.9. The molecule has 0 atom stereocenters. The summed E-state index contributed by atoms with van der Waals surface area (Å²) < 4.78 is 11.4. The van der Waals surface area contributed by atoms with E-state index in [1.54, 1.807) is 6.07 Å². The Bertz CT molecular complexity index is 931. The molecule has 3 aromatic rings. The third-order valence-electron chi connectivity index (χ3n) is 4.47. The molecule has 122 valence electrons. The van der Waals surface area contributed by atoms with Gasteiger partial charge in [-0.1, -0.05) is 37.3 Å². The van der Waals surface area contributed by atoms with Crippen molar-refractivity contribution in [3.8, 4) is 5.75 Å². The number of aryl methyl sites for hydroxylation is 1. The molecule has 1 aliphatic heterocycles. The lowest BCUT2D eigenvalue weighted by Gasteiger charge is -2.29. The minimum absolute atomic E-state index is 0.298. The molecule has 0 unspecified atom stereocenters. The molecule has 4 rings (SSSR count). The zero-order valence-corrected chi connectivity index (χ0v) is 13.6. The summed E-state index contributed by atoms with van der Waals surface area (Å²) in [6.45, 7) is 4.09. The molecule has 0 bridgehead atoms. The van der Waals surface area contributed by atoms with Crippen LogP contribution in [0.25, 0.3) is 11.0 Å². The lowest BCUT2D eigenvalue weighted by atomic mass is 10.0. The van der Waals surface area contributed by atoms with Gasteiger partial charge >= 0.3 is 5.63 Å². The van der Waals surface area contributed by atoms with Gasteiger partial charge in [0.1, 0.15) is 18.1 Å². The Kier molecular flexibility index (Phi) is 3.82. The second-order valence-corrected chi connectivity index (χ2v) is 6.11. The van der Waals surface area contributed by atoms with E-state index in [-0.39, 0.29) is 5.63 Å². The van der Waals surface area contributed by atoms with E-state index in [2.05, 4.69) is 17.0 Å². The first-order valence-corrected chi connectivity index (χ1v) is 8.22. The van der Waals surface area contributed by atoms with E-state index in [9.17, 15) is 4.79 Å². The Morgan fingerprint density at radius 1 is 1.12 bits per heavy atom. The summed E-state index contributed by atoms with van der Waals surface area (Å²) in [5.74, 6) is 0.809. The topological polar surface area (TPSA) is 42.7 Å². The minimum Gasteiger partial charge on any atom is -0.478 e. The van der Waals surface area contributed by atoms with Crippen LogP contribution < -0.4 is 10.4 Å². The van der Waals surface area contributed by atoms with Gasteiger partial charge in [0.25, 0.3) is 0 Å². The van der Waals surface area contributed by atoms with Crippen LogP contribution in [-0.4, -0.2) is 11.6 Å². The highest BCUT2D eigenvalue weighted by molar-refractivity contribution is 5.85. The molecule has 24 heavy (non-hydrogen) atoms. The molecule has 2 heterocycles. The van der Waals surface area contributed by atoms with Crippen molar-refractivity contribution in [2.75, 3.05) is 6.73 Å². The maximum atomic E-state index is 11.9. The first-order chi connectivity index (χ1) is 11.7. The van der Waals surface area contributed by atoms with Crippen LogP contribution in [0.1, 0.15) is 23.6 Å². The van der Waals surface area contributed by atoms with Crippen LogP contribution in [0.5, 0.6) is 5.75 Å². The van der Waals surface area contributed by atoms with Crippen LogP contribution in [0.3, 0.4) is 0 Å². The van der Waals surface area contributed by atoms with Gasteiger partial charge in [-0.15, -0.1) is 0 Å². The van der Waals surface area contributed by atoms with Gasteiger partial charge in [-0.2, -0.15) is 0 Å². The maximum Gasteiger partial charge on any atom is 0.336 e. The van der Waals surface area contributed by atoms with Gasteiger partial charge in [-0.3, -0.25) is 4.90 Å². The Hall–Kier alpha value is -2.59. The highest BCUT2D eigenvalue weighted by Crippen LogP contribution is 2.33. The summed E-state index contributed by atoms with van der Waals surface area (Å²) in [6, 6.07) is 15.9. The molecule has 0 radical (unpaired) electrons. The highest BCUT2D eigenvalue weighted by Gasteiger charge is 2.22. The van der Waals surface area contributed by atoms with Crippen LogP contribution in [0.15, 0.2) is 57.7 Å². The van der Waals surface area contributed by atoms with E-state index in [0.717, 1.165) is 35.2 Å². The Balaban J connectivity index is 1.74. The van der Waals surface area contributed by atoms with Crippen molar-refractivity contribution in [1.82, 2.24) is 4.90 Å². The second-order valence-electron chi connectivity index (χ2n) is 6.11. The van der Waals surface area contributed by atoms with E-state index >= 15 is 0 Å².